The zero-order chi connectivity index (χ0) is 10.3. The van der Waals surface area contributed by atoms with Gasteiger partial charge < -0.3 is 15.4 Å². The van der Waals surface area contributed by atoms with E-state index in [1.807, 2.05) is 11.6 Å². The molecule has 1 atom stereocenters. The van der Waals surface area contributed by atoms with Crippen molar-refractivity contribution < 1.29 is 4.74 Å². The summed E-state index contributed by atoms with van der Waals surface area (Å²) in [7, 11) is 0. The number of nitrogens with one attached hydrogen (secondary N) is 2. The molecule has 1 aromatic rings. The molecule has 0 amide bonds. The van der Waals surface area contributed by atoms with Crippen LogP contribution in [-0.2, 0) is 11.2 Å². The fraction of sp³-hybridized carbons (Fsp3) is 0.700. The third-order valence-electron chi connectivity index (χ3n) is 2.39. The van der Waals surface area contributed by atoms with Crippen LogP contribution in [0.4, 0.5) is 0 Å². The first-order valence-corrected chi connectivity index (χ1v) is 6.23. The molecule has 0 bridgehead atoms. The lowest BCUT2D eigenvalue weighted by Gasteiger charge is -2.23. The van der Waals surface area contributed by atoms with Crippen molar-refractivity contribution in [2.45, 2.75) is 12.5 Å². The van der Waals surface area contributed by atoms with E-state index >= 15 is 0 Å². The van der Waals surface area contributed by atoms with Gasteiger partial charge >= 0.3 is 0 Å². The standard InChI is InChI=1S/C10H17N3OS/c1(10-13-4-6-15-10)2-11-7-9-8-14-5-3-12-9/h4,6,9,11-12H,1-3,5,7-8H2. The molecule has 4 nitrogen and oxygen atoms in total. The van der Waals surface area contributed by atoms with Gasteiger partial charge in [0.15, 0.2) is 0 Å². The molecule has 0 spiro atoms. The van der Waals surface area contributed by atoms with Crippen LogP contribution in [0.2, 0.25) is 0 Å². The molecule has 0 saturated carbocycles. The summed E-state index contributed by atoms with van der Waals surface area (Å²) in [6, 6.07) is 0.468. The second-order valence-electron chi connectivity index (χ2n) is 3.61. The van der Waals surface area contributed by atoms with E-state index < -0.39 is 0 Å². The summed E-state index contributed by atoms with van der Waals surface area (Å²) in [6.07, 6.45) is 2.88. The smallest absolute Gasteiger partial charge is 0.0937 e. The first kappa shape index (κ1) is 11.0. The van der Waals surface area contributed by atoms with Gasteiger partial charge in [-0.1, -0.05) is 0 Å². The SMILES string of the molecule is c1csc(CCNCC2COCCN2)n1. The van der Waals surface area contributed by atoms with Gasteiger partial charge in [0.2, 0.25) is 0 Å². The van der Waals surface area contributed by atoms with E-state index in [2.05, 4.69) is 15.6 Å². The van der Waals surface area contributed by atoms with Crippen molar-refractivity contribution in [1.29, 1.82) is 0 Å². The highest BCUT2D eigenvalue weighted by Gasteiger charge is 2.11. The molecule has 1 aromatic heterocycles. The van der Waals surface area contributed by atoms with Gasteiger partial charge in [-0.25, -0.2) is 4.98 Å². The van der Waals surface area contributed by atoms with Gasteiger partial charge in [-0.3, -0.25) is 0 Å². The molecule has 1 saturated heterocycles. The van der Waals surface area contributed by atoms with E-state index in [9.17, 15) is 0 Å². The lowest BCUT2D eigenvalue weighted by molar-refractivity contribution is 0.0768. The van der Waals surface area contributed by atoms with Crippen LogP contribution >= 0.6 is 11.3 Å². The maximum Gasteiger partial charge on any atom is 0.0937 e. The Morgan fingerprint density at radius 3 is 3.40 bits per heavy atom. The van der Waals surface area contributed by atoms with Crippen LogP contribution in [0, 0.1) is 0 Å². The van der Waals surface area contributed by atoms with Gasteiger partial charge in [-0.2, -0.15) is 0 Å². The average Bonchev–Trinajstić information content (AvgIpc) is 2.79. The lowest BCUT2D eigenvalue weighted by Crippen LogP contribution is -2.47. The molecule has 2 heterocycles. The van der Waals surface area contributed by atoms with E-state index in [4.69, 9.17) is 4.74 Å². The third-order valence-corrected chi connectivity index (χ3v) is 3.23. The van der Waals surface area contributed by atoms with Gasteiger partial charge in [0.1, 0.15) is 0 Å². The van der Waals surface area contributed by atoms with Crippen LogP contribution in [-0.4, -0.2) is 43.9 Å². The van der Waals surface area contributed by atoms with Crippen molar-refractivity contribution in [2.24, 2.45) is 0 Å². The van der Waals surface area contributed by atoms with Gasteiger partial charge in [0.25, 0.3) is 0 Å². The number of hydrogen-bond donors (Lipinski definition) is 2. The molecule has 1 aliphatic rings. The normalized spacial score (nSPS) is 21.7. The van der Waals surface area contributed by atoms with Crippen molar-refractivity contribution in [3.05, 3.63) is 16.6 Å². The van der Waals surface area contributed by atoms with Crippen LogP contribution in [0.1, 0.15) is 5.01 Å². The van der Waals surface area contributed by atoms with Crippen LogP contribution < -0.4 is 10.6 Å². The lowest BCUT2D eigenvalue weighted by atomic mass is 10.3. The van der Waals surface area contributed by atoms with E-state index in [1.54, 1.807) is 11.3 Å². The number of nitrogens with zero attached hydrogens (tertiary/aromatic N) is 1. The van der Waals surface area contributed by atoms with Crippen molar-refractivity contribution in [1.82, 2.24) is 15.6 Å². The van der Waals surface area contributed by atoms with Gasteiger partial charge in [-0.15, -0.1) is 11.3 Å². The first-order valence-electron chi connectivity index (χ1n) is 5.35. The highest BCUT2D eigenvalue weighted by molar-refractivity contribution is 7.09. The van der Waals surface area contributed by atoms with Crippen LogP contribution in [0.5, 0.6) is 0 Å². The molecule has 1 fully saturated rings. The summed E-state index contributed by atoms with van der Waals surface area (Å²) in [4.78, 5) is 4.24. The molecule has 84 valence electrons. The van der Waals surface area contributed by atoms with E-state index in [0.717, 1.165) is 39.3 Å². The van der Waals surface area contributed by atoms with Crippen LogP contribution in [0.3, 0.4) is 0 Å². The molecule has 5 heteroatoms. The minimum absolute atomic E-state index is 0.468. The van der Waals surface area contributed by atoms with Crippen molar-refractivity contribution in [3.63, 3.8) is 0 Å². The van der Waals surface area contributed by atoms with Gasteiger partial charge in [0.05, 0.1) is 18.2 Å². The number of thiazole rings is 1. The summed E-state index contributed by atoms with van der Waals surface area (Å²) in [6.45, 7) is 4.61. The maximum absolute atomic E-state index is 5.37. The maximum atomic E-state index is 5.37. The molecular formula is C10H17N3OS. The molecular weight excluding hydrogens is 210 g/mol. The number of morpholine rings is 1. The molecule has 1 unspecified atom stereocenters. The van der Waals surface area contributed by atoms with Crippen molar-refractivity contribution in [3.8, 4) is 0 Å². The monoisotopic (exact) mass is 227 g/mol. The number of hydrogen-bond acceptors (Lipinski definition) is 5. The molecule has 1 aliphatic heterocycles. The van der Waals surface area contributed by atoms with Gasteiger partial charge in [0, 0.05) is 43.7 Å². The van der Waals surface area contributed by atoms with E-state index in [-0.39, 0.29) is 0 Å². The summed E-state index contributed by atoms with van der Waals surface area (Å²) in [5.74, 6) is 0. The summed E-state index contributed by atoms with van der Waals surface area (Å²) in [5, 5.41) is 10.1. The van der Waals surface area contributed by atoms with E-state index in [0.29, 0.717) is 6.04 Å². The Kier molecular flexibility index (Phi) is 4.53. The first-order chi connectivity index (χ1) is 7.45. The predicted molar refractivity (Wildman–Crippen MR) is 61.3 cm³/mol. The van der Waals surface area contributed by atoms with Crippen molar-refractivity contribution >= 4 is 11.3 Å². The number of ether oxygens (including phenoxy) is 1. The second kappa shape index (κ2) is 6.17. The summed E-state index contributed by atoms with van der Waals surface area (Å²) in [5.41, 5.74) is 0. The Morgan fingerprint density at radius 1 is 1.67 bits per heavy atom. The molecule has 15 heavy (non-hydrogen) atoms. The van der Waals surface area contributed by atoms with Gasteiger partial charge in [-0.05, 0) is 0 Å². The quantitative estimate of drug-likeness (QED) is 0.709. The molecule has 0 aromatic carbocycles. The Balaban J connectivity index is 1.54. The highest BCUT2D eigenvalue weighted by atomic mass is 32.1. The Labute approximate surface area is 94.1 Å². The van der Waals surface area contributed by atoms with Crippen molar-refractivity contribution in [2.75, 3.05) is 32.8 Å². The Morgan fingerprint density at radius 2 is 2.67 bits per heavy atom. The van der Waals surface area contributed by atoms with Crippen LogP contribution in [0.25, 0.3) is 0 Å². The zero-order valence-corrected chi connectivity index (χ0v) is 9.55. The highest BCUT2D eigenvalue weighted by Crippen LogP contribution is 2.03. The Bertz CT molecular complexity index is 260. The summed E-state index contributed by atoms with van der Waals surface area (Å²) < 4.78 is 5.37. The minimum atomic E-state index is 0.468. The molecule has 0 aliphatic carbocycles. The predicted octanol–water partition coefficient (Wildman–Crippen LogP) is 0.264. The minimum Gasteiger partial charge on any atom is -0.378 e. The number of aromatic nitrogens is 1. The topological polar surface area (TPSA) is 46.2 Å². The second-order valence-corrected chi connectivity index (χ2v) is 4.59. The average molecular weight is 227 g/mol. The third kappa shape index (κ3) is 3.87. The molecule has 0 radical (unpaired) electrons. The Hall–Kier alpha value is -0.490. The molecule has 2 N–H and O–H groups in total. The zero-order valence-electron chi connectivity index (χ0n) is 8.74. The fourth-order valence-corrected chi connectivity index (χ4v) is 2.22. The molecule has 2 rings (SSSR count). The summed E-state index contributed by atoms with van der Waals surface area (Å²) >= 11 is 1.72. The van der Waals surface area contributed by atoms with Crippen LogP contribution in [0.15, 0.2) is 11.6 Å². The fourth-order valence-electron chi connectivity index (χ4n) is 1.60. The largest absolute Gasteiger partial charge is 0.378 e. The van der Waals surface area contributed by atoms with E-state index in [1.165, 1.54) is 5.01 Å². The number of rotatable bonds is 5.